The third-order valence-electron chi connectivity index (χ3n) is 7.03. The number of nitrogens with one attached hydrogen (secondary N) is 1. The van der Waals surface area contributed by atoms with E-state index in [0.29, 0.717) is 70.5 Å². The van der Waals surface area contributed by atoms with Gasteiger partial charge in [-0.05, 0) is 37.0 Å². The Morgan fingerprint density at radius 1 is 0.975 bits per heavy atom. The normalized spacial score (nSPS) is 18.6. The van der Waals surface area contributed by atoms with E-state index in [1.807, 2.05) is 0 Å². The summed E-state index contributed by atoms with van der Waals surface area (Å²) >= 11 is 0. The number of alkyl halides is 6. The van der Waals surface area contributed by atoms with E-state index in [-0.39, 0.29) is 24.1 Å². The Hall–Kier alpha value is -3.60. The van der Waals surface area contributed by atoms with Gasteiger partial charge in [-0.2, -0.15) is 31.6 Å². The highest BCUT2D eigenvalue weighted by atomic mass is 19.4. The average molecular weight is 570 g/mol. The Labute approximate surface area is 227 Å². The van der Waals surface area contributed by atoms with Crippen molar-refractivity contribution in [2.45, 2.75) is 44.1 Å². The predicted molar refractivity (Wildman–Crippen MR) is 134 cm³/mol. The number of nitrogens with zero attached hydrogens (tertiary/aromatic N) is 6. The molecule has 0 saturated carbocycles. The van der Waals surface area contributed by atoms with Gasteiger partial charge in [-0.1, -0.05) is 12.1 Å². The van der Waals surface area contributed by atoms with Crippen LogP contribution in [0.2, 0.25) is 0 Å². The summed E-state index contributed by atoms with van der Waals surface area (Å²) in [6, 6.07) is 7.48. The van der Waals surface area contributed by atoms with Crippen molar-refractivity contribution >= 4 is 17.5 Å². The molecule has 8 nitrogen and oxygen atoms in total. The summed E-state index contributed by atoms with van der Waals surface area (Å²) in [5.74, 6) is -1.51. The van der Waals surface area contributed by atoms with Crippen molar-refractivity contribution in [2.75, 3.05) is 55.6 Å². The van der Waals surface area contributed by atoms with Crippen LogP contribution in [-0.2, 0) is 23.6 Å². The lowest BCUT2D eigenvalue weighted by atomic mass is 10.1. The van der Waals surface area contributed by atoms with Gasteiger partial charge in [0, 0.05) is 58.3 Å². The van der Waals surface area contributed by atoms with Crippen LogP contribution in [0.25, 0.3) is 0 Å². The summed E-state index contributed by atoms with van der Waals surface area (Å²) < 4.78 is 79.5. The SMILES string of the molecule is N#CCCN1CCN(c2cc(N3CCC[C@H]3C(=O)NCCc3ccc(C(F)(F)F)cc3)nc(C(F)(F)F)n2)CC1. The fourth-order valence-electron chi connectivity index (χ4n) is 4.89. The van der Waals surface area contributed by atoms with Gasteiger partial charge in [0.05, 0.1) is 11.6 Å². The van der Waals surface area contributed by atoms with E-state index in [1.54, 1.807) is 9.80 Å². The highest BCUT2D eigenvalue weighted by Crippen LogP contribution is 2.33. The van der Waals surface area contributed by atoms with Crippen molar-refractivity contribution in [2.24, 2.45) is 0 Å². The molecule has 0 bridgehead atoms. The third kappa shape index (κ3) is 7.32. The number of piperazine rings is 1. The maximum absolute atomic E-state index is 13.7. The van der Waals surface area contributed by atoms with Crippen molar-refractivity contribution in [1.82, 2.24) is 20.2 Å². The minimum atomic E-state index is -4.78. The number of hydrogen-bond donors (Lipinski definition) is 1. The molecule has 0 spiro atoms. The van der Waals surface area contributed by atoms with Gasteiger partial charge in [-0.15, -0.1) is 0 Å². The topological polar surface area (TPSA) is 88.4 Å². The van der Waals surface area contributed by atoms with Crippen LogP contribution in [0.15, 0.2) is 30.3 Å². The fourth-order valence-corrected chi connectivity index (χ4v) is 4.89. The molecular formula is C26H29F6N7O. The molecule has 1 atom stereocenters. The molecule has 3 heterocycles. The summed E-state index contributed by atoms with van der Waals surface area (Å²) in [7, 11) is 0. The van der Waals surface area contributed by atoms with Crippen LogP contribution < -0.4 is 15.1 Å². The first kappa shape index (κ1) is 29.4. The first-order valence-corrected chi connectivity index (χ1v) is 13.0. The largest absolute Gasteiger partial charge is 0.451 e. The molecule has 14 heteroatoms. The van der Waals surface area contributed by atoms with Gasteiger partial charge in [-0.25, -0.2) is 9.97 Å². The summed E-state index contributed by atoms with van der Waals surface area (Å²) in [5, 5.41) is 11.5. The number of rotatable bonds is 8. The Balaban J connectivity index is 1.43. The minimum absolute atomic E-state index is 0.0182. The average Bonchev–Trinajstić information content (AvgIpc) is 3.42. The van der Waals surface area contributed by atoms with Gasteiger partial charge < -0.3 is 15.1 Å². The van der Waals surface area contributed by atoms with Gasteiger partial charge >= 0.3 is 12.4 Å². The first-order valence-electron chi connectivity index (χ1n) is 13.0. The highest BCUT2D eigenvalue weighted by molar-refractivity contribution is 5.85. The zero-order valence-electron chi connectivity index (χ0n) is 21.6. The summed E-state index contributed by atoms with van der Waals surface area (Å²) in [6.07, 6.45) is -7.54. The molecule has 40 heavy (non-hydrogen) atoms. The number of aromatic nitrogens is 2. The molecule has 0 aliphatic carbocycles. The lowest BCUT2D eigenvalue weighted by Crippen LogP contribution is -2.47. The lowest BCUT2D eigenvalue weighted by Gasteiger charge is -2.35. The number of nitriles is 1. The molecule has 4 rings (SSSR count). The molecule has 1 N–H and O–H groups in total. The molecule has 2 aliphatic rings. The number of carbonyl (C=O) groups is 1. The molecule has 2 aliphatic heterocycles. The zero-order chi connectivity index (χ0) is 28.9. The van der Waals surface area contributed by atoms with Crippen molar-refractivity contribution in [3.8, 4) is 6.07 Å². The van der Waals surface area contributed by atoms with Gasteiger partial charge in [0.15, 0.2) is 0 Å². The molecule has 2 fully saturated rings. The second-order valence-corrected chi connectivity index (χ2v) is 9.73. The Morgan fingerprint density at radius 2 is 1.65 bits per heavy atom. The lowest BCUT2D eigenvalue weighted by molar-refractivity contribution is -0.144. The number of anilines is 2. The second-order valence-electron chi connectivity index (χ2n) is 9.73. The monoisotopic (exact) mass is 569 g/mol. The molecule has 0 unspecified atom stereocenters. The smallest absolute Gasteiger partial charge is 0.354 e. The first-order chi connectivity index (χ1) is 19.0. The second kappa shape index (κ2) is 12.3. The van der Waals surface area contributed by atoms with Crippen LogP contribution in [0.4, 0.5) is 38.0 Å². The number of halogens is 6. The van der Waals surface area contributed by atoms with Gasteiger partial charge in [0.1, 0.15) is 17.7 Å². The van der Waals surface area contributed by atoms with Gasteiger partial charge in [-0.3, -0.25) is 9.69 Å². The molecule has 216 valence electrons. The van der Waals surface area contributed by atoms with Gasteiger partial charge in [0.2, 0.25) is 11.7 Å². The van der Waals surface area contributed by atoms with Crippen LogP contribution in [0.1, 0.15) is 36.2 Å². The highest BCUT2D eigenvalue weighted by Gasteiger charge is 2.39. The van der Waals surface area contributed by atoms with Crippen molar-refractivity contribution < 1.29 is 31.1 Å². The summed E-state index contributed by atoms with van der Waals surface area (Å²) in [5.41, 5.74) is -0.148. The predicted octanol–water partition coefficient (Wildman–Crippen LogP) is 3.88. The fraction of sp³-hybridized carbons (Fsp3) is 0.538. The van der Waals surface area contributed by atoms with Crippen molar-refractivity contribution in [3.05, 3.63) is 47.3 Å². The maximum atomic E-state index is 13.7. The Morgan fingerprint density at radius 3 is 2.27 bits per heavy atom. The Kier molecular flexibility index (Phi) is 9.02. The van der Waals surface area contributed by atoms with Crippen molar-refractivity contribution in [1.29, 1.82) is 5.26 Å². The van der Waals surface area contributed by atoms with Gasteiger partial charge in [0.25, 0.3) is 0 Å². The third-order valence-corrected chi connectivity index (χ3v) is 7.03. The van der Waals surface area contributed by atoms with E-state index < -0.39 is 29.8 Å². The number of amides is 1. The van der Waals surface area contributed by atoms with Crippen molar-refractivity contribution in [3.63, 3.8) is 0 Å². The standard InChI is InChI=1S/C26H29F6N7O/c27-25(28,29)19-6-4-18(5-7-19)8-10-34-23(40)20-3-1-12-39(20)22-17-21(35-24(36-22)26(30,31)32)38-15-13-37(14-16-38)11-2-9-33/h4-7,17,20H,1-3,8,10-16H2,(H,34,40)/t20-/m0/s1. The van der Waals surface area contributed by atoms with E-state index in [4.69, 9.17) is 5.26 Å². The molecule has 2 saturated heterocycles. The van der Waals surface area contributed by atoms with Crippen LogP contribution in [0.3, 0.4) is 0 Å². The molecule has 1 aromatic heterocycles. The van der Waals surface area contributed by atoms with E-state index in [1.165, 1.54) is 18.2 Å². The summed E-state index contributed by atoms with van der Waals surface area (Å²) in [6.45, 7) is 3.13. The zero-order valence-corrected chi connectivity index (χ0v) is 21.6. The molecule has 0 radical (unpaired) electrons. The maximum Gasteiger partial charge on any atom is 0.451 e. The van der Waals surface area contributed by atoms with E-state index in [9.17, 15) is 31.1 Å². The quantitative estimate of drug-likeness (QED) is 0.483. The van der Waals surface area contributed by atoms with Crippen LogP contribution in [0.5, 0.6) is 0 Å². The summed E-state index contributed by atoms with van der Waals surface area (Å²) in [4.78, 5) is 25.9. The van der Waals surface area contributed by atoms with Crippen LogP contribution in [-0.4, -0.2) is 72.6 Å². The number of benzene rings is 1. The van der Waals surface area contributed by atoms with E-state index in [0.717, 1.165) is 12.1 Å². The number of hydrogen-bond acceptors (Lipinski definition) is 7. The van der Waals surface area contributed by atoms with E-state index >= 15 is 0 Å². The molecule has 1 aromatic carbocycles. The van der Waals surface area contributed by atoms with Crippen LogP contribution in [0, 0.1) is 11.3 Å². The molecule has 1 amide bonds. The minimum Gasteiger partial charge on any atom is -0.354 e. The molecular weight excluding hydrogens is 540 g/mol. The van der Waals surface area contributed by atoms with E-state index in [2.05, 4.69) is 26.3 Å². The van der Waals surface area contributed by atoms with Crippen LogP contribution >= 0.6 is 0 Å². The molecule has 2 aromatic rings. The Bertz CT molecular complexity index is 1200. The number of carbonyl (C=O) groups excluding carboxylic acids is 1.